The number of sulfonamides is 1. The third-order valence-electron chi connectivity index (χ3n) is 3.57. The van der Waals surface area contributed by atoms with Gasteiger partial charge < -0.3 is 0 Å². The van der Waals surface area contributed by atoms with Crippen LogP contribution in [0.4, 0.5) is 0 Å². The summed E-state index contributed by atoms with van der Waals surface area (Å²) in [7, 11) is -5.02. The van der Waals surface area contributed by atoms with Gasteiger partial charge in [-0.3, -0.25) is 14.5 Å². The summed E-state index contributed by atoms with van der Waals surface area (Å²) in [6, 6.07) is 6.65. The zero-order chi connectivity index (χ0) is 17.4. The number of fused-ring (bicyclic) bond motifs is 1. The molecule has 2 amide bonds. The van der Waals surface area contributed by atoms with Crippen LogP contribution < -0.4 is 0 Å². The monoisotopic (exact) mass is 354 g/mol. The summed E-state index contributed by atoms with van der Waals surface area (Å²) in [4.78, 5) is 25.7. The van der Waals surface area contributed by atoms with Crippen LogP contribution in [-0.2, 0) is 10.0 Å². The molecule has 0 radical (unpaired) electrons. The average molecular weight is 355 g/mol. The zero-order valence-electron chi connectivity index (χ0n) is 13.9. The van der Waals surface area contributed by atoms with E-state index in [1.165, 1.54) is 4.31 Å². The lowest BCUT2D eigenvalue weighted by molar-refractivity contribution is 0.0649. The number of carbonyl (C=O) groups excluding carboxylic acids is 2. The molecule has 1 aromatic carbocycles. The van der Waals surface area contributed by atoms with Gasteiger partial charge in [-0.05, 0) is 12.1 Å². The minimum atomic E-state index is -3.37. The van der Waals surface area contributed by atoms with E-state index in [4.69, 9.17) is 0 Å². The standard InChI is InChI=1S/C15H22N2O4SSi/c1-22(20,21)16(11-23(2,3)4)9-10-17-14(18)12-7-5-6-8-13(12)15(17)19/h5-8H,9-11H2,1-4H3. The Balaban J connectivity index is 2.14. The predicted octanol–water partition coefficient (Wildman–Crippen LogP) is 1.42. The number of benzene rings is 1. The Hall–Kier alpha value is -1.51. The Bertz CT molecular complexity index is 705. The van der Waals surface area contributed by atoms with Crippen molar-refractivity contribution in [2.24, 2.45) is 0 Å². The first-order valence-electron chi connectivity index (χ1n) is 7.41. The molecule has 126 valence electrons. The molecule has 2 rings (SSSR count). The highest BCUT2D eigenvalue weighted by Crippen LogP contribution is 2.22. The largest absolute Gasteiger partial charge is 0.273 e. The smallest absolute Gasteiger partial charge is 0.261 e. The molecule has 0 spiro atoms. The first-order valence-corrected chi connectivity index (χ1v) is 13.0. The Labute approximate surface area is 138 Å². The van der Waals surface area contributed by atoms with Crippen molar-refractivity contribution in [3.63, 3.8) is 0 Å². The van der Waals surface area contributed by atoms with Crippen molar-refractivity contribution in [2.75, 3.05) is 25.5 Å². The Morgan fingerprint density at radius 2 is 1.52 bits per heavy atom. The molecule has 1 aliphatic heterocycles. The van der Waals surface area contributed by atoms with Crippen LogP contribution in [0.25, 0.3) is 0 Å². The summed E-state index contributed by atoms with van der Waals surface area (Å²) < 4.78 is 25.3. The molecular formula is C15H22N2O4SSi. The summed E-state index contributed by atoms with van der Waals surface area (Å²) in [6.45, 7) is 6.44. The van der Waals surface area contributed by atoms with Crippen LogP contribution in [0.15, 0.2) is 24.3 Å². The van der Waals surface area contributed by atoms with E-state index in [1.54, 1.807) is 24.3 Å². The second-order valence-electron chi connectivity index (χ2n) is 6.96. The Morgan fingerprint density at radius 3 is 1.91 bits per heavy atom. The maximum atomic E-state index is 12.3. The number of hydrogen-bond donors (Lipinski definition) is 0. The van der Waals surface area contributed by atoms with E-state index in [1.807, 2.05) is 0 Å². The van der Waals surface area contributed by atoms with Gasteiger partial charge in [-0.25, -0.2) is 12.7 Å². The van der Waals surface area contributed by atoms with Crippen LogP contribution in [0.3, 0.4) is 0 Å². The first-order chi connectivity index (χ1) is 10.5. The maximum Gasteiger partial charge on any atom is 0.261 e. The summed E-state index contributed by atoms with van der Waals surface area (Å²) in [5.41, 5.74) is 0.766. The fraction of sp³-hybridized carbons (Fsp3) is 0.467. The van der Waals surface area contributed by atoms with Crippen LogP contribution >= 0.6 is 0 Å². The second kappa shape index (κ2) is 6.18. The lowest BCUT2D eigenvalue weighted by Crippen LogP contribution is -2.47. The van der Waals surface area contributed by atoms with E-state index < -0.39 is 18.1 Å². The molecule has 0 atom stereocenters. The molecule has 0 N–H and O–H groups in total. The van der Waals surface area contributed by atoms with Gasteiger partial charge in [-0.1, -0.05) is 31.8 Å². The van der Waals surface area contributed by atoms with Crippen molar-refractivity contribution in [3.05, 3.63) is 35.4 Å². The summed E-state index contributed by atoms with van der Waals surface area (Å²) in [6.07, 6.45) is 1.63. The highest BCUT2D eigenvalue weighted by Gasteiger charge is 2.36. The molecule has 0 aliphatic carbocycles. The molecule has 0 aromatic heterocycles. The van der Waals surface area contributed by atoms with E-state index in [2.05, 4.69) is 19.6 Å². The van der Waals surface area contributed by atoms with Crippen molar-refractivity contribution in [2.45, 2.75) is 19.6 Å². The highest BCUT2D eigenvalue weighted by molar-refractivity contribution is 7.88. The van der Waals surface area contributed by atoms with Gasteiger partial charge in [0.1, 0.15) is 0 Å². The van der Waals surface area contributed by atoms with Crippen LogP contribution in [0.5, 0.6) is 0 Å². The predicted molar refractivity (Wildman–Crippen MR) is 91.6 cm³/mol. The lowest BCUT2D eigenvalue weighted by Gasteiger charge is -2.28. The first kappa shape index (κ1) is 17.8. The van der Waals surface area contributed by atoms with Crippen molar-refractivity contribution >= 4 is 29.9 Å². The molecule has 0 fully saturated rings. The normalized spacial score (nSPS) is 15.4. The highest BCUT2D eigenvalue weighted by atomic mass is 32.2. The number of carbonyl (C=O) groups is 2. The quantitative estimate of drug-likeness (QED) is 0.572. The number of nitrogens with zero attached hydrogens (tertiary/aromatic N) is 2. The SMILES string of the molecule is C[Si](C)(C)CN(CCN1C(=O)c2ccccc2C1=O)S(C)(=O)=O. The molecule has 0 saturated carbocycles. The number of rotatable bonds is 6. The molecule has 0 saturated heterocycles. The fourth-order valence-electron chi connectivity index (χ4n) is 2.54. The minimum absolute atomic E-state index is 0.0733. The summed E-state index contributed by atoms with van der Waals surface area (Å²) >= 11 is 0. The topological polar surface area (TPSA) is 74.8 Å². The van der Waals surface area contributed by atoms with Gasteiger partial charge in [-0.2, -0.15) is 0 Å². The van der Waals surface area contributed by atoms with E-state index in [0.29, 0.717) is 17.3 Å². The van der Waals surface area contributed by atoms with Gasteiger partial charge in [0.2, 0.25) is 10.0 Å². The van der Waals surface area contributed by atoms with E-state index in [0.717, 1.165) is 11.2 Å². The van der Waals surface area contributed by atoms with Crippen LogP contribution in [0, 0.1) is 0 Å². The average Bonchev–Trinajstić information content (AvgIpc) is 2.66. The fourth-order valence-corrected chi connectivity index (χ4v) is 6.27. The third-order valence-corrected chi connectivity index (χ3v) is 6.38. The van der Waals surface area contributed by atoms with Gasteiger partial charge in [0.15, 0.2) is 0 Å². The third kappa shape index (κ3) is 4.07. The van der Waals surface area contributed by atoms with E-state index in [-0.39, 0.29) is 24.9 Å². The molecular weight excluding hydrogens is 332 g/mol. The molecule has 6 nitrogen and oxygen atoms in total. The van der Waals surface area contributed by atoms with Gasteiger partial charge >= 0.3 is 0 Å². The van der Waals surface area contributed by atoms with Crippen molar-refractivity contribution in [3.8, 4) is 0 Å². The second-order valence-corrected chi connectivity index (χ2v) is 14.4. The zero-order valence-corrected chi connectivity index (χ0v) is 15.7. The lowest BCUT2D eigenvalue weighted by atomic mass is 10.1. The minimum Gasteiger partial charge on any atom is -0.273 e. The molecule has 8 heteroatoms. The molecule has 23 heavy (non-hydrogen) atoms. The molecule has 1 aromatic rings. The summed E-state index contributed by atoms with van der Waals surface area (Å²) in [5, 5.41) is 0. The number of hydrogen-bond acceptors (Lipinski definition) is 4. The van der Waals surface area contributed by atoms with Crippen LogP contribution in [0.2, 0.25) is 19.6 Å². The maximum absolute atomic E-state index is 12.3. The molecule has 1 aliphatic rings. The van der Waals surface area contributed by atoms with Gasteiger partial charge in [0.25, 0.3) is 11.8 Å². The number of imide groups is 1. The van der Waals surface area contributed by atoms with E-state index in [9.17, 15) is 18.0 Å². The van der Waals surface area contributed by atoms with Gasteiger partial charge in [-0.15, -0.1) is 0 Å². The molecule has 1 heterocycles. The molecule has 0 bridgehead atoms. The van der Waals surface area contributed by atoms with Gasteiger partial charge in [0, 0.05) is 19.3 Å². The van der Waals surface area contributed by atoms with E-state index >= 15 is 0 Å². The summed E-state index contributed by atoms with van der Waals surface area (Å²) in [5.74, 6) is -0.709. The van der Waals surface area contributed by atoms with Gasteiger partial charge in [0.05, 0.1) is 25.5 Å². The Kier molecular flexibility index (Phi) is 4.79. The van der Waals surface area contributed by atoms with Crippen molar-refractivity contribution in [1.82, 2.24) is 9.21 Å². The van der Waals surface area contributed by atoms with Crippen molar-refractivity contribution in [1.29, 1.82) is 0 Å². The molecule has 0 unspecified atom stereocenters. The number of amides is 2. The van der Waals surface area contributed by atoms with Crippen LogP contribution in [-0.4, -0.2) is 63.0 Å². The van der Waals surface area contributed by atoms with Crippen molar-refractivity contribution < 1.29 is 18.0 Å². The van der Waals surface area contributed by atoms with Crippen LogP contribution in [0.1, 0.15) is 20.7 Å². The Morgan fingerprint density at radius 1 is 1.04 bits per heavy atom.